The Bertz CT molecular complexity index is 562. The third kappa shape index (κ3) is 5.12. The predicted octanol–water partition coefficient (Wildman–Crippen LogP) is 0.680. The summed E-state index contributed by atoms with van der Waals surface area (Å²) >= 11 is 3.36. The van der Waals surface area contributed by atoms with Gasteiger partial charge in [0.2, 0.25) is 5.91 Å². The summed E-state index contributed by atoms with van der Waals surface area (Å²) in [5.41, 5.74) is 1.04. The van der Waals surface area contributed by atoms with Crippen molar-refractivity contribution in [2.75, 3.05) is 13.2 Å². The molecule has 8 heteroatoms. The van der Waals surface area contributed by atoms with E-state index in [9.17, 15) is 14.4 Å². The zero-order chi connectivity index (χ0) is 15.9. The summed E-state index contributed by atoms with van der Waals surface area (Å²) in [4.78, 5) is 33.8. The molecule has 1 atom stereocenters. The molecule has 0 spiro atoms. The van der Waals surface area contributed by atoms with Crippen LogP contribution < -0.4 is 16.0 Å². The van der Waals surface area contributed by atoms with Crippen LogP contribution in [-0.2, 0) is 20.9 Å². The minimum Gasteiger partial charge on any atom is -0.375 e. The van der Waals surface area contributed by atoms with Crippen LogP contribution in [0.1, 0.15) is 12.0 Å². The van der Waals surface area contributed by atoms with E-state index < -0.39 is 18.0 Å². The van der Waals surface area contributed by atoms with Crippen LogP contribution in [0.25, 0.3) is 0 Å². The fourth-order valence-corrected chi connectivity index (χ4v) is 2.16. The molecule has 1 saturated heterocycles. The number of rotatable bonds is 7. The van der Waals surface area contributed by atoms with Crippen molar-refractivity contribution in [3.05, 3.63) is 34.3 Å². The Morgan fingerprint density at radius 3 is 2.64 bits per heavy atom. The lowest BCUT2D eigenvalue weighted by Gasteiger charge is -2.09. The maximum Gasteiger partial charge on any atom is 0.322 e. The standard InChI is InChI=1S/C14H16BrN3O4/c15-10-3-1-9(2-4-10)8-22-6-5-16-12(19)7-11-13(20)18-14(21)17-11/h1-4,11H,5-8H2,(H,16,19)(H2,17,18,20,21). The molecule has 2 rings (SSSR count). The van der Waals surface area contributed by atoms with Crippen LogP contribution in [0, 0.1) is 0 Å². The first-order valence-electron chi connectivity index (χ1n) is 6.75. The molecule has 1 aliphatic heterocycles. The first-order chi connectivity index (χ1) is 10.5. The zero-order valence-electron chi connectivity index (χ0n) is 11.7. The number of benzene rings is 1. The van der Waals surface area contributed by atoms with Crippen molar-refractivity contribution in [2.45, 2.75) is 19.1 Å². The highest BCUT2D eigenvalue weighted by molar-refractivity contribution is 9.10. The number of carbonyl (C=O) groups excluding carboxylic acids is 3. The molecule has 1 aromatic rings. The number of halogens is 1. The summed E-state index contributed by atoms with van der Waals surface area (Å²) in [5.74, 6) is -0.791. The van der Waals surface area contributed by atoms with Gasteiger partial charge in [-0.25, -0.2) is 4.79 Å². The van der Waals surface area contributed by atoms with Crippen molar-refractivity contribution >= 4 is 33.8 Å². The molecule has 4 amide bonds. The third-order valence-electron chi connectivity index (χ3n) is 3.00. The van der Waals surface area contributed by atoms with Crippen LogP contribution in [-0.4, -0.2) is 37.0 Å². The maximum atomic E-state index is 11.6. The molecule has 1 aromatic carbocycles. The highest BCUT2D eigenvalue weighted by Crippen LogP contribution is 2.10. The van der Waals surface area contributed by atoms with Gasteiger partial charge in [0, 0.05) is 11.0 Å². The van der Waals surface area contributed by atoms with Crippen LogP contribution in [0.5, 0.6) is 0 Å². The van der Waals surface area contributed by atoms with Crippen LogP contribution in [0.4, 0.5) is 4.79 Å². The summed E-state index contributed by atoms with van der Waals surface area (Å²) in [7, 11) is 0. The van der Waals surface area contributed by atoms with Gasteiger partial charge in [-0.2, -0.15) is 0 Å². The van der Waals surface area contributed by atoms with Gasteiger partial charge >= 0.3 is 6.03 Å². The second-order valence-electron chi connectivity index (χ2n) is 4.75. The number of amides is 4. The number of carbonyl (C=O) groups is 3. The molecular formula is C14H16BrN3O4. The summed E-state index contributed by atoms with van der Waals surface area (Å²) in [6.07, 6.45) is -0.0791. The van der Waals surface area contributed by atoms with Gasteiger partial charge in [-0.3, -0.25) is 14.9 Å². The zero-order valence-corrected chi connectivity index (χ0v) is 13.3. The molecule has 1 heterocycles. The second kappa shape index (κ2) is 7.90. The fraction of sp³-hybridized carbons (Fsp3) is 0.357. The van der Waals surface area contributed by atoms with E-state index in [2.05, 4.69) is 31.9 Å². The Kier molecular flexibility index (Phi) is 5.91. The van der Waals surface area contributed by atoms with Gasteiger partial charge < -0.3 is 15.4 Å². The average Bonchev–Trinajstić information content (AvgIpc) is 2.78. The summed E-state index contributed by atoms with van der Waals surface area (Å²) in [6, 6.07) is 6.40. The fourth-order valence-electron chi connectivity index (χ4n) is 1.89. The normalized spacial score (nSPS) is 17.0. The number of nitrogens with one attached hydrogen (secondary N) is 3. The van der Waals surface area contributed by atoms with Crippen molar-refractivity contribution < 1.29 is 19.1 Å². The molecule has 1 unspecified atom stereocenters. The van der Waals surface area contributed by atoms with E-state index in [1.54, 1.807) is 0 Å². The number of imide groups is 1. The van der Waals surface area contributed by atoms with Crippen LogP contribution >= 0.6 is 15.9 Å². The number of ether oxygens (including phenoxy) is 1. The third-order valence-corrected chi connectivity index (χ3v) is 3.53. The Labute approximate surface area is 135 Å². The van der Waals surface area contributed by atoms with Gasteiger partial charge in [-0.05, 0) is 17.7 Å². The minimum absolute atomic E-state index is 0.0791. The smallest absolute Gasteiger partial charge is 0.322 e. The van der Waals surface area contributed by atoms with E-state index in [-0.39, 0.29) is 12.3 Å². The van der Waals surface area contributed by atoms with E-state index in [1.807, 2.05) is 24.3 Å². The number of hydrogen-bond donors (Lipinski definition) is 3. The van der Waals surface area contributed by atoms with Crippen molar-refractivity contribution in [1.82, 2.24) is 16.0 Å². The molecule has 1 fully saturated rings. The van der Waals surface area contributed by atoms with Crippen molar-refractivity contribution in [2.24, 2.45) is 0 Å². The molecule has 1 aliphatic rings. The van der Waals surface area contributed by atoms with E-state index >= 15 is 0 Å². The van der Waals surface area contributed by atoms with Crippen LogP contribution in [0.2, 0.25) is 0 Å². The first kappa shape index (κ1) is 16.4. The largest absolute Gasteiger partial charge is 0.375 e. The number of urea groups is 1. The van der Waals surface area contributed by atoms with E-state index in [0.717, 1.165) is 10.0 Å². The Hall–Kier alpha value is -1.93. The van der Waals surface area contributed by atoms with Gasteiger partial charge in [-0.1, -0.05) is 28.1 Å². The molecule has 0 radical (unpaired) electrons. The Morgan fingerprint density at radius 2 is 2.00 bits per heavy atom. The SMILES string of the molecule is O=C(CC1NC(=O)NC1=O)NCCOCc1ccc(Br)cc1. The summed E-state index contributed by atoms with van der Waals surface area (Å²) < 4.78 is 6.45. The molecule has 22 heavy (non-hydrogen) atoms. The summed E-state index contributed by atoms with van der Waals surface area (Å²) in [5, 5.41) is 7.08. The molecule has 0 aromatic heterocycles. The molecular weight excluding hydrogens is 354 g/mol. The molecule has 118 valence electrons. The molecule has 0 bridgehead atoms. The molecule has 7 nitrogen and oxygen atoms in total. The van der Waals surface area contributed by atoms with Gasteiger partial charge in [-0.15, -0.1) is 0 Å². The monoisotopic (exact) mass is 369 g/mol. The van der Waals surface area contributed by atoms with Crippen molar-refractivity contribution in [3.63, 3.8) is 0 Å². The molecule has 3 N–H and O–H groups in total. The maximum absolute atomic E-state index is 11.6. The van der Waals surface area contributed by atoms with E-state index in [1.165, 1.54) is 0 Å². The van der Waals surface area contributed by atoms with Gasteiger partial charge in [0.15, 0.2) is 0 Å². The van der Waals surface area contributed by atoms with Crippen LogP contribution in [0.3, 0.4) is 0 Å². The highest BCUT2D eigenvalue weighted by Gasteiger charge is 2.30. The molecule has 0 saturated carbocycles. The lowest BCUT2D eigenvalue weighted by Crippen LogP contribution is -2.37. The van der Waals surface area contributed by atoms with Gasteiger partial charge in [0.25, 0.3) is 5.91 Å². The first-order valence-corrected chi connectivity index (χ1v) is 7.54. The van der Waals surface area contributed by atoms with Crippen molar-refractivity contribution in [1.29, 1.82) is 0 Å². The quantitative estimate of drug-likeness (QED) is 0.486. The minimum atomic E-state index is -0.795. The molecule has 0 aliphatic carbocycles. The Balaban J connectivity index is 1.58. The topological polar surface area (TPSA) is 96.5 Å². The second-order valence-corrected chi connectivity index (χ2v) is 5.66. The van der Waals surface area contributed by atoms with Gasteiger partial charge in [0.05, 0.1) is 19.6 Å². The summed E-state index contributed by atoms with van der Waals surface area (Å²) in [6.45, 7) is 1.17. The van der Waals surface area contributed by atoms with Crippen LogP contribution in [0.15, 0.2) is 28.7 Å². The number of hydrogen-bond acceptors (Lipinski definition) is 4. The highest BCUT2D eigenvalue weighted by atomic mass is 79.9. The van der Waals surface area contributed by atoms with Gasteiger partial charge in [0.1, 0.15) is 6.04 Å². The van der Waals surface area contributed by atoms with E-state index in [0.29, 0.717) is 19.8 Å². The lowest BCUT2D eigenvalue weighted by atomic mass is 10.2. The predicted molar refractivity (Wildman–Crippen MR) is 81.9 cm³/mol. The van der Waals surface area contributed by atoms with Crippen molar-refractivity contribution in [3.8, 4) is 0 Å². The van der Waals surface area contributed by atoms with E-state index in [4.69, 9.17) is 4.74 Å². The average molecular weight is 370 g/mol. The Morgan fingerprint density at radius 1 is 1.27 bits per heavy atom. The lowest BCUT2D eigenvalue weighted by molar-refractivity contribution is -0.126.